The molecule has 2 fully saturated rings. The number of rotatable bonds is 7. The molecule has 0 radical (unpaired) electrons. The summed E-state index contributed by atoms with van der Waals surface area (Å²) in [6.07, 6.45) is 4.76. The number of nitrogens with zero attached hydrogens (tertiary/aromatic N) is 3. The maximum absolute atomic E-state index is 14.2. The number of aromatic nitrogens is 1. The minimum absolute atomic E-state index is 0.108. The lowest BCUT2D eigenvalue weighted by atomic mass is 9.84. The van der Waals surface area contributed by atoms with Gasteiger partial charge in [0.2, 0.25) is 5.91 Å². The molecule has 0 atom stereocenters. The summed E-state index contributed by atoms with van der Waals surface area (Å²) in [5.74, 6) is -1.01. The number of carbonyl (C=O) groups excluding carboxylic acids is 1. The number of amides is 1. The number of pyridine rings is 1. The first-order valence-corrected chi connectivity index (χ1v) is 15.4. The Balaban J connectivity index is 1.20. The van der Waals surface area contributed by atoms with Gasteiger partial charge in [-0.2, -0.15) is 0 Å². The van der Waals surface area contributed by atoms with Gasteiger partial charge in [0.25, 0.3) is 0 Å². The predicted octanol–water partition coefficient (Wildman–Crippen LogP) is 6.45. The maximum Gasteiger partial charge on any atom is 0.306 e. The van der Waals surface area contributed by atoms with Crippen LogP contribution >= 0.6 is 23.2 Å². The van der Waals surface area contributed by atoms with Crippen LogP contribution in [0.2, 0.25) is 10.0 Å². The van der Waals surface area contributed by atoms with Crippen molar-refractivity contribution < 1.29 is 19.4 Å². The second-order valence-corrected chi connectivity index (χ2v) is 13.4. The van der Waals surface area contributed by atoms with Crippen LogP contribution in [0.25, 0.3) is 11.1 Å². The van der Waals surface area contributed by atoms with Crippen molar-refractivity contribution in [3.8, 4) is 11.1 Å². The van der Waals surface area contributed by atoms with Gasteiger partial charge < -0.3 is 20.1 Å². The van der Waals surface area contributed by atoms with Gasteiger partial charge in [0.1, 0.15) is 5.60 Å². The summed E-state index contributed by atoms with van der Waals surface area (Å²) in [5.41, 5.74) is 3.58. The molecule has 3 heterocycles. The van der Waals surface area contributed by atoms with Crippen LogP contribution in [0.5, 0.6) is 0 Å². The number of halogens is 2. The van der Waals surface area contributed by atoms with Gasteiger partial charge in [-0.15, -0.1) is 0 Å². The minimum atomic E-state index is -0.917. The SMILES string of the molecule is COC1(CNC2CCC(C(=O)O)CC2)CN(c2ccc(N3C(=O)C(C)(C)c4ncc(Cl)cc4-c4ccc(Cl)cc43)cc2)C1. The topological polar surface area (TPSA) is 95.0 Å². The number of ether oxygens (including phenoxy) is 1. The van der Waals surface area contributed by atoms with Gasteiger partial charge in [0, 0.05) is 53.4 Å². The molecule has 8 nitrogen and oxygen atoms in total. The molecule has 0 bridgehead atoms. The number of benzene rings is 2. The lowest BCUT2D eigenvalue weighted by Gasteiger charge is -2.51. The average Bonchev–Trinajstić information content (AvgIpc) is 3.03. The van der Waals surface area contributed by atoms with E-state index in [9.17, 15) is 14.7 Å². The van der Waals surface area contributed by atoms with E-state index in [0.29, 0.717) is 34.0 Å². The summed E-state index contributed by atoms with van der Waals surface area (Å²) in [5, 5.41) is 13.9. The Hall–Kier alpha value is -3.17. The highest BCUT2D eigenvalue weighted by molar-refractivity contribution is 6.32. The van der Waals surface area contributed by atoms with Crippen LogP contribution < -0.4 is 15.1 Å². The van der Waals surface area contributed by atoms with E-state index in [1.807, 2.05) is 62.4 Å². The first kappa shape index (κ1) is 29.9. The molecule has 2 N–H and O–H groups in total. The first-order chi connectivity index (χ1) is 20.5. The van der Waals surface area contributed by atoms with Gasteiger partial charge in [-0.1, -0.05) is 29.3 Å². The number of aliphatic carboxylic acids is 1. The number of hydrogen-bond acceptors (Lipinski definition) is 6. The van der Waals surface area contributed by atoms with Crippen molar-refractivity contribution in [3.05, 3.63) is 70.5 Å². The Morgan fingerprint density at radius 3 is 2.33 bits per heavy atom. The Kier molecular flexibility index (Phi) is 7.92. The highest BCUT2D eigenvalue weighted by Gasteiger charge is 2.45. The number of methoxy groups -OCH3 is 1. The maximum atomic E-state index is 14.2. The number of hydrogen-bond donors (Lipinski definition) is 2. The molecule has 1 amide bonds. The smallest absolute Gasteiger partial charge is 0.306 e. The van der Waals surface area contributed by atoms with E-state index in [2.05, 4.69) is 15.2 Å². The largest absolute Gasteiger partial charge is 0.481 e. The number of fused-ring (bicyclic) bond motifs is 3. The molecule has 2 aromatic carbocycles. The zero-order valence-electron chi connectivity index (χ0n) is 24.6. The van der Waals surface area contributed by atoms with Crippen molar-refractivity contribution in [2.24, 2.45) is 5.92 Å². The molecule has 43 heavy (non-hydrogen) atoms. The minimum Gasteiger partial charge on any atom is -0.481 e. The van der Waals surface area contributed by atoms with Crippen molar-refractivity contribution in [3.63, 3.8) is 0 Å². The quantitative estimate of drug-likeness (QED) is 0.313. The number of nitrogens with one attached hydrogen (secondary N) is 1. The van der Waals surface area contributed by atoms with Gasteiger partial charge in [-0.05, 0) is 82.0 Å². The van der Waals surface area contributed by atoms with E-state index < -0.39 is 11.4 Å². The Labute approximate surface area is 261 Å². The van der Waals surface area contributed by atoms with Crippen molar-refractivity contribution in [1.82, 2.24) is 10.3 Å². The molecular weight excluding hydrogens is 587 g/mol. The van der Waals surface area contributed by atoms with E-state index in [1.165, 1.54) is 0 Å². The van der Waals surface area contributed by atoms with Gasteiger partial charge in [-0.25, -0.2) is 0 Å². The number of carboxylic acid groups (broad SMARTS) is 1. The molecule has 6 rings (SSSR count). The molecule has 1 saturated carbocycles. The Morgan fingerprint density at radius 1 is 1.00 bits per heavy atom. The first-order valence-electron chi connectivity index (χ1n) is 14.7. The molecule has 3 aromatic rings. The van der Waals surface area contributed by atoms with Gasteiger partial charge in [0.05, 0.1) is 40.8 Å². The van der Waals surface area contributed by atoms with Crippen molar-refractivity contribution in [1.29, 1.82) is 0 Å². The predicted molar refractivity (Wildman–Crippen MR) is 170 cm³/mol. The second kappa shape index (κ2) is 11.4. The van der Waals surface area contributed by atoms with Crippen molar-refractivity contribution in [2.75, 3.05) is 36.5 Å². The van der Waals surface area contributed by atoms with Gasteiger partial charge in [-0.3, -0.25) is 19.5 Å². The molecule has 1 saturated heterocycles. The van der Waals surface area contributed by atoms with Crippen LogP contribution in [0.3, 0.4) is 0 Å². The van der Waals surface area contributed by atoms with Crippen LogP contribution in [0.1, 0.15) is 45.2 Å². The van der Waals surface area contributed by atoms with E-state index in [4.69, 9.17) is 27.9 Å². The zero-order chi connectivity index (χ0) is 30.5. The van der Waals surface area contributed by atoms with Crippen LogP contribution in [-0.4, -0.2) is 60.4 Å². The standard InChI is InChI=1S/C33H36Cl2N4O4/c1-32(2)29-27(14-22(35)16-36-29)26-13-6-21(34)15-28(26)39(31(32)42)25-11-9-24(10-12-25)38-18-33(19-38,43-3)17-37-23-7-4-20(5-8-23)30(40)41/h6,9-16,20,23,37H,4-5,7-8,17-19H2,1-3H3,(H,40,41). The fourth-order valence-electron chi connectivity index (χ4n) is 6.64. The third-order valence-electron chi connectivity index (χ3n) is 9.33. The summed E-state index contributed by atoms with van der Waals surface area (Å²) in [6, 6.07) is 15.7. The van der Waals surface area contributed by atoms with Crippen LogP contribution in [0.15, 0.2) is 54.7 Å². The summed E-state index contributed by atoms with van der Waals surface area (Å²) in [4.78, 5) is 34.1. The summed E-state index contributed by atoms with van der Waals surface area (Å²) in [6.45, 7) is 5.96. The molecule has 1 aromatic heterocycles. The zero-order valence-corrected chi connectivity index (χ0v) is 26.1. The monoisotopic (exact) mass is 622 g/mol. The molecule has 3 aliphatic rings. The Morgan fingerprint density at radius 2 is 1.67 bits per heavy atom. The molecule has 0 unspecified atom stereocenters. The fraction of sp³-hybridized carbons (Fsp3) is 0.424. The normalized spacial score (nSPS) is 22.3. The van der Waals surface area contributed by atoms with E-state index in [0.717, 1.165) is 61.3 Å². The summed E-state index contributed by atoms with van der Waals surface area (Å²) >= 11 is 12.8. The molecule has 0 spiro atoms. The second-order valence-electron chi connectivity index (χ2n) is 12.5. The number of carbonyl (C=O) groups is 2. The van der Waals surface area contributed by atoms with Crippen LogP contribution in [0.4, 0.5) is 17.1 Å². The highest BCUT2D eigenvalue weighted by Crippen LogP contribution is 2.47. The molecule has 10 heteroatoms. The summed E-state index contributed by atoms with van der Waals surface area (Å²) < 4.78 is 5.96. The molecule has 226 valence electrons. The lowest BCUT2D eigenvalue weighted by molar-refractivity contribution is -0.143. The molecule has 2 aliphatic heterocycles. The van der Waals surface area contributed by atoms with Gasteiger partial charge >= 0.3 is 5.97 Å². The highest BCUT2D eigenvalue weighted by atomic mass is 35.5. The molecule has 1 aliphatic carbocycles. The van der Waals surface area contributed by atoms with E-state index in [1.54, 1.807) is 18.2 Å². The van der Waals surface area contributed by atoms with Gasteiger partial charge in [0.15, 0.2) is 0 Å². The van der Waals surface area contributed by atoms with E-state index in [-0.39, 0.29) is 17.4 Å². The van der Waals surface area contributed by atoms with Crippen molar-refractivity contribution in [2.45, 2.75) is 56.6 Å². The number of carboxylic acids is 1. The Bertz CT molecular complexity index is 1550. The summed E-state index contributed by atoms with van der Waals surface area (Å²) in [7, 11) is 1.75. The fourth-order valence-corrected chi connectivity index (χ4v) is 6.96. The molecular formula is C33H36Cl2N4O4. The number of anilines is 3. The average molecular weight is 624 g/mol. The van der Waals surface area contributed by atoms with Crippen molar-refractivity contribution >= 4 is 52.1 Å². The van der Waals surface area contributed by atoms with Crippen LogP contribution in [0, 0.1) is 5.92 Å². The van der Waals surface area contributed by atoms with E-state index >= 15 is 0 Å². The third-order valence-corrected chi connectivity index (χ3v) is 9.77. The lowest BCUT2D eigenvalue weighted by Crippen LogP contribution is -2.67. The van der Waals surface area contributed by atoms with Crippen LogP contribution in [-0.2, 0) is 19.7 Å². The third kappa shape index (κ3) is 5.50.